The van der Waals surface area contributed by atoms with E-state index < -0.39 is 0 Å². The van der Waals surface area contributed by atoms with E-state index in [0.29, 0.717) is 23.1 Å². The molecule has 1 fully saturated rings. The summed E-state index contributed by atoms with van der Waals surface area (Å²) in [7, 11) is 0. The van der Waals surface area contributed by atoms with Crippen LogP contribution in [0.3, 0.4) is 0 Å². The van der Waals surface area contributed by atoms with Gasteiger partial charge in [-0.15, -0.1) is 0 Å². The van der Waals surface area contributed by atoms with Crippen LogP contribution < -0.4 is 5.73 Å². The van der Waals surface area contributed by atoms with E-state index in [9.17, 15) is 5.26 Å². The summed E-state index contributed by atoms with van der Waals surface area (Å²) in [4.78, 5) is 4.21. The number of pyridine rings is 1. The van der Waals surface area contributed by atoms with E-state index in [0.717, 1.165) is 18.5 Å². The maximum atomic E-state index is 9.22. The van der Waals surface area contributed by atoms with Gasteiger partial charge in [0.1, 0.15) is 17.5 Å². The lowest BCUT2D eigenvalue weighted by atomic mass is 9.82. The molecular weight excluding hydrogens is 226 g/mol. The Morgan fingerprint density at radius 1 is 1.39 bits per heavy atom. The minimum absolute atomic E-state index is 0.381. The molecule has 0 radical (unpaired) electrons. The third-order valence-electron chi connectivity index (χ3n) is 3.42. The average Bonchev–Trinajstić information content (AvgIpc) is 2.65. The van der Waals surface area contributed by atoms with Gasteiger partial charge in [0.25, 0.3) is 0 Å². The van der Waals surface area contributed by atoms with Gasteiger partial charge in [-0.05, 0) is 25.0 Å². The molecule has 0 aliphatic heterocycles. The van der Waals surface area contributed by atoms with Gasteiger partial charge in [-0.25, -0.2) is 4.98 Å². The Labute approximate surface area is 105 Å². The van der Waals surface area contributed by atoms with Gasteiger partial charge < -0.3 is 5.73 Å². The number of nitrogens with two attached hydrogens (primary N) is 1. The van der Waals surface area contributed by atoms with Crippen LogP contribution in [0.25, 0.3) is 5.82 Å². The highest BCUT2D eigenvalue weighted by Crippen LogP contribution is 2.38. The van der Waals surface area contributed by atoms with Crippen molar-refractivity contribution in [3.05, 3.63) is 35.7 Å². The van der Waals surface area contributed by atoms with Gasteiger partial charge in [-0.3, -0.25) is 0 Å². The molecule has 90 valence electrons. The van der Waals surface area contributed by atoms with Gasteiger partial charge in [0, 0.05) is 12.1 Å². The minimum Gasteiger partial charge on any atom is -0.382 e. The van der Waals surface area contributed by atoms with Crippen LogP contribution in [-0.2, 0) is 0 Å². The normalized spacial score (nSPS) is 15.1. The minimum atomic E-state index is 0.381. The summed E-state index contributed by atoms with van der Waals surface area (Å²) >= 11 is 0. The van der Waals surface area contributed by atoms with Crippen LogP contribution in [0.15, 0.2) is 24.4 Å². The summed E-state index contributed by atoms with van der Waals surface area (Å²) in [5.74, 6) is 1.42. The van der Waals surface area contributed by atoms with Crippen LogP contribution in [-0.4, -0.2) is 14.8 Å². The maximum Gasteiger partial charge on any atom is 0.155 e. The molecule has 0 unspecified atom stereocenters. The fourth-order valence-electron chi connectivity index (χ4n) is 2.18. The topological polar surface area (TPSA) is 80.5 Å². The Bertz CT molecular complexity index is 604. The van der Waals surface area contributed by atoms with E-state index in [4.69, 9.17) is 5.73 Å². The smallest absolute Gasteiger partial charge is 0.155 e. The summed E-state index contributed by atoms with van der Waals surface area (Å²) in [5, 5.41) is 13.7. The molecule has 0 atom stereocenters. The van der Waals surface area contributed by atoms with Crippen molar-refractivity contribution in [2.24, 2.45) is 0 Å². The van der Waals surface area contributed by atoms with Crippen LogP contribution >= 0.6 is 0 Å². The number of rotatable bonds is 2. The molecule has 0 aromatic carbocycles. The molecule has 2 aromatic heterocycles. The highest BCUT2D eigenvalue weighted by molar-refractivity contribution is 5.56. The fraction of sp³-hybridized carbons (Fsp3) is 0.308. The molecule has 0 amide bonds. The number of aromatic nitrogens is 3. The first-order valence-electron chi connectivity index (χ1n) is 6.01. The maximum absolute atomic E-state index is 9.22. The van der Waals surface area contributed by atoms with Crippen molar-refractivity contribution in [3.63, 3.8) is 0 Å². The molecule has 2 heterocycles. The number of anilines is 1. The van der Waals surface area contributed by atoms with Gasteiger partial charge in [-0.1, -0.05) is 12.5 Å². The summed E-state index contributed by atoms with van der Waals surface area (Å²) in [6.07, 6.45) is 5.07. The Morgan fingerprint density at radius 2 is 2.22 bits per heavy atom. The van der Waals surface area contributed by atoms with Crippen molar-refractivity contribution in [1.82, 2.24) is 14.8 Å². The predicted octanol–water partition coefficient (Wildman–Crippen LogP) is 1.99. The van der Waals surface area contributed by atoms with Crippen molar-refractivity contribution >= 4 is 5.82 Å². The van der Waals surface area contributed by atoms with E-state index in [1.807, 2.05) is 18.2 Å². The first kappa shape index (κ1) is 10.8. The zero-order valence-electron chi connectivity index (χ0n) is 9.87. The second kappa shape index (κ2) is 4.15. The average molecular weight is 239 g/mol. The zero-order chi connectivity index (χ0) is 12.5. The van der Waals surface area contributed by atoms with Crippen molar-refractivity contribution in [1.29, 1.82) is 5.26 Å². The summed E-state index contributed by atoms with van der Waals surface area (Å²) < 4.78 is 1.56. The Hall–Kier alpha value is -2.35. The Balaban J connectivity index is 2.11. The van der Waals surface area contributed by atoms with E-state index in [2.05, 4.69) is 16.2 Å². The molecule has 0 spiro atoms. The fourth-order valence-corrected chi connectivity index (χ4v) is 2.18. The largest absolute Gasteiger partial charge is 0.382 e. The molecule has 1 aliphatic rings. The van der Waals surface area contributed by atoms with Gasteiger partial charge >= 0.3 is 0 Å². The van der Waals surface area contributed by atoms with Gasteiger partial charge in [0.05, 0.1) is 5.69 Å². The zero-order valence-corrected chi connectivity index (χ0v) is 9.87. The summed E-state index contributed by atoms with van der Waals surface area (Å²) in [6, 6.07) is 7.70. The van der Waals surface area contributed by atoms with Crippen LogP contribution in [0.2, 0.25) is 0 Å². The molecule has 0 bridgehead atoms. The van der Waals surface area contributed by atoms with Crippen molar-refractivity contribution in [2.45, 2.75) is 25.2 Å². The quantitative estimate of drug-likeness (QED) is 0.869. The van der Waals surface area contributed by atoms with Crippen LogP contribution in [0, 0.1) is 11.3 Å². The van der Waals surface area contributed by atoms with E-state index in [1.54, 1.807) is 10.9 Å². The lowest BCUT2D eigenvalue weighted by molar-refractivity contribution is 0.408. The third kappa shape index (κ3) is 1.54. The first-order valence-corrected chi connectivity index (χ1v) is 6.01. The molecule has 2 aromatic rings. The highest BCUT2D eigenvalue weighted by atomic mass is 15.3. The number of hydrogen-bond acceptors (Lipinski definition) is 4. The molecule has 0 saturated heterocycles. The molecule has 1 saturated carbocycles. The molecule has 3 rings (SSSR count). The Kier molecular flexibility index (Phi) is 2.49. The van der Waals surface area contributed by atoms with E-state index in [-0.39, 0.29) is 0 Å². The first-order chi connectivity index (χ1) is 8.81. The molecular formula is C13H13N5. The SMILES string of the molecule is N#Cc1c(C2CCC2)nn(-c2ccccn2)c1N. The third-order valence-corrected chi connectivity index (χ3v) is 3.42. The predicted molar refractivity (Wildman–Crippen MR) is 67.1 cm³/mol. The monoisotopic (exact) mass is 239 g/mol. The molecule has 18 heavy (non-hydrogen) atoms. The highest BCUT2D eigenvalue weighted by Gasteiger charge is 2.28. The van der Waals surface area contributed by atoms with Crippen LogP contribution in [0.5, 0.6) is 0 Å². The number of nitriles is 1. The van der Waals surface area contributed by atoms with Crippen molar-refractivity contribution in [2.75, 3.05) is 5.73 Å². The second-order valence-corrected chi connectivity index (χ2v) is 4.48. The number of nitrogen functional groups attached to an aromatic ring is 1. The van der Waals surface area contributed by atoms with Gasteiger partial charge in [0.2, 0.25) is 0 Å². The lowest BCUT2D eigenvalue weighted by Crippen LogP contribution is -2.11. The summed E-state index contributed by atoms with van der Waals surface area (Å²) in [5.41, 5.74) is 7.33. The molecule has 1 aliphatic carbocycles. The van der Waals surface area contributed by atoms with Crippen molar-refractivity contribution in [3.8, 4) is 11.9 Å². The van der Waals surface area contributed by atoms with E-state index >= 15 is 0 Å². The second-order valence-electron chi connectivity index (χ2n) is 4.48. The van der Waals surface area contributed by atoms with Gasteiger partial charge in [-0.2, -0.15) is 15.0 Å². The van der Waals surface area contributed by atoms with Gasteiger partial charge in [0.15, 0.2) is 5.82 Å². The standard InChI is InChI=1S/C13H13N5/c14-8-10-12(9-4-3-5-9)17-18(13(10)15)11-6-1-2-7-16-11/h1-2,6-7,9H,3-5,15H2. The molecule has 5 heteroatoms. The molecule has 2 N–H and O–H groups in total. The number of hydrogen-bond donors (Lipinski definition) is 1. The van der Waals surface area contributed by atoms with E-state index in [1.165, 1.54) is 6.42 Å². The van der Waals surface area contributed by atoms with Crippen LogP contribution in [0.4, 0.5) is 5.82 Å². The van der Waals surface area contributed by atoms with Crippen LogP contribution in [0.1, 0.15) is 36.4 Å². The number of nitrogens with zero attached hydrogens (tertiary/aromatic N) is 4. The lowest BCUT2D eigenvalue weighted by Gasteiger charge is -2.23. The van der Waals surface area contributed by atoms with Crippen molar-refractivity contribution < 1.29 is 0 Å². The summed E-state index contributed by atoms with van der Waals surface area (Å²) in [6.45, 7) is 0. The Morgan fingerprint density at radius 3 is 2.78 bits per heavy atom. The molecule has 5 nitrogen and oxygen atoms in total.